The van der Waals surface area contributed by atoms with Gasteiger partial charge in [0, 0.05) is 6.54 Å². The number of para-hydroxylation sites is 1. The highest BCUT2D eigenvalue weighted by atomic mass is 79.9. The van der Waals surface area contributed by atoms with Gasteiger partial charge in [-0.05, 0) is 67.1 Å². The standard InChI is InChI=1S/C22H24BrNO4/c1-4-5-12-24(3)13-16-18(25)11-10-15-20(26)21(14(2)27-22(15)16)28-19-9-7-6-8-17(19)23/h6-11,25H,4-5,12-13H2,1-3H3. The zero-order valence-corrected chi connectivity index (χ0v) is 17.9. The first-order valence-electron chi connectivity index (χ1n) is 9.31. The van der Waals surface area contributed by atoms with E-state index in [0.717, 1.165) is 23.9 Å². The van der Waals surface area contributed by atoms with Crippen LogP contribution in [0.15, 0.2) is 50.1 Å². The quantitative estimate of drug-likeness (QED) is 0.513. The Bertz CT molecular complexity index is 1040. The summed E-state index contributed by atoms with van der Waals surface area (Å²) in [5.74, 6) is 1.18. The second-order valence-corrected chi connectivity index (χ2v) is 7.73. The first kappa shape index (κ1) is 20.4. The van der Waals surface area contributed by atoms with Crippen molar-refractivity contribution in [2.24, 2.45) is 0 Å². The number of phenols is 1. The lowest BCUT2D eigenvalue weighted by molar-refractivity contribution is 0.313. The first-order chi connectivity index (χ1) is 13.4. The minimum atomic E-state index is -0.257. The van der Waals surface area contributed by atoms with E-state index in [1.54, 1.807) is 25.1 Å². The molecule has 0 unspecified atom stereocenters. The summed E-state index contributed by atoms with van der Waals surface area (Å²) in [4.78, 5) is 15.2. The van der Waals surface area contributed by atoms with Crippen LogP contribution in [0.25, 0.3) is 11.0 Å². The van der Waals surface area contributed by atoms with Crippen LogP contribution in [0.4, 0.5) is 0 Å². The summed E-state index contributed by atoms with van der Waals surface area (Å²) in [6.45, 7) is 5.23. The molecule has 0 saturated heterocycles. The van der Waals surface area contributed by atoms with E-state index in [9.17, 15) is 9.90 Å². The number of fused-ring (bicyclic) bond motifs is 1. The summed E-state index contributed by atoms with van der Waals surface area (Å²) in [7, 11) is 1.99. The van der Waals surface area contributed by atoms with Crippen molar-refractivity contribution >= 4 is 26.9 Å². The van der Waals surface area contributed by atoms with E-state index in [0.29, 0.717) is 34.6 Å². The van der Waals surface area contributed by atoms with E-state index in [4.69, 9.17) is 9.15 Å². The molecule has 1 heterocycles. The average Bonchev–Trinajstić information content (AvgIpc) is 2.67. The van der Waals surface area contributed by atoms with Crippen LogP contribution in [0.1, 0.15) is 31.1 Å². The Morgan fingerprint density at radius 2 is 1.96 bits per heavy atom. The van der Waals surface area contributed by atoms with Crippen LogP contribution in [-0.2, 0) is 6.54 Å². The summed E-state index contributed by atoms with van der Waals surface area (Å²) in [6.07, 6.45) is 2.16. The predicted molar refractivity (Wildman–Crippen MR) is 114 cm³/mol. The third-order valence-corrected chi connectivity index (χ3v) is 5.29. The number of hydrogen-bond acceptors (Lipinski definition) is 5. The second kappa shape index (κ2) is 8.80. The van der Waals surface area contributed by atoms with Gasteiger partial charge in [-0.3, -0.25) is 4.79 Å². The molecular weight excluding hydrogens is 422 g/mol. The van der Waals surface area contributed by atoms with Gasteiger partial charge in [-0.25, -0.2) is 0 Å². The number of phenolic OH excluding ortho intramolecular Hbond substituents is 1. The number of unbranched alkanes of at least 4 members (excludes halogenated alkanes) is 1. The van der Waals surface area contributed by atoms with E-state index in [1.807, 2.05) is 25.2 Å². The molecule has 5 nitrogen and oxygen atoms in total. The normalized spacial score (nSPS) is 11.3. The number of halogens is 1. The molecule has 2 aromatic carbocycles. The SMILES string of the molecule is CCCCN(C)Cc1c(O)ccc2c(=O)c(Oc3ccccc3Br)c(C)oc12. The Morgan fingerprint density at radius 1 is 1.21 bits per heavy atom. The van der Waals surface area contributed by atoms with Gasteiger partial charge in [0.2, 0.25) is 11.2 Å². The van der Waals surface area contributed by atoms with Crippen LogP contribution in [0.5, 0.6) is 17.2 Å². The highest BCUT2D eigenvalue weighted by molar-refractivity contribution is 9.10. The molecule has 0 atom stereocenters. The predicted octanol–water partition coefficient (Wildman–Crippen LogP) is 5.59. The molecule has 0 saturated carbocycles. The molecule has 148 valence electrons. The summed E-state index contributed by atoms with van der Waals surface area (Å²) < 4.78 is 12.6. The van der Waals surface area contributed by atoms with Crippen molar-refractivity contribution in [2.45, 2.75) is 33.2 Å². The van der Waals surface area contributed by atoms with Crippen molar-refractivity contribution in [3.8, 4) is 17.2 Å². The number of nitrogens with zero attached hydrogens (tertiary/aromatic N) is 1. The fourth-order valence-corrected chi connectivity index (χ4v) is 3.45. The minimum Gasteiger partial charge on any atom is -0.507 e. The van der Waals surface area contributed by atoms with Gasteiger partial charge in [0.05, 0.1) is 15.4 Å². The van der Waals surface area contributed by atoms with Crippen molar-refractivity contribution in [1.29, 1.82) is 0 Å². The maximum absolute atomic E-state index is 13.1. The molecule has 0 aliphatic rings. The summed E-state index contributed by atoms with van der Waals surface area (Å²) in [6, 6.07) is 10.4. The fourth-order valence-electron chi connectivity index (χ4n) is 3.08. The maximum Gasteiger partial charge on any atom is 0.235 e. The summed E-state index contributed by atoms with van der Waals surface area (Å²) in [5, 5.41) is 10.8. The number of aromatic hydroxyl groups is 1. The van der Waals surface area contributed by atoms with Gasteiger partial charge < -0.3 is 19.2 Å². The van der Waals surface area contributed by atoms with E-state index in [-0.39, 0.29) is 16.9 Å². The largest absolute Gasteiger partial charge is 0.507 e. The highest BCUT2D eigenvalue weighted by Gasteiger charge is 2.19. The molecule has 1 aromatic heterocycles. The maximum atomic E-state index is 13.1. The molecule has 28 heavy (non-hydrogen) atoms. The number of rotatable bonds is 7. The van der Waals surface area contributed by atoms with Crippen LogP contribution in [0, 0.1) is 6.92 Å². The summed E-state index contributed by atoms with van der Waals surface area (Å²) >= 11 is 3.43. The minimum absolute atomic E-state index is 0.123. The zero-order valence-electron chi connectivity index (χ0n) is 16.3. The number of hydrogen-bond donors (Lipinski definition) is 1. The van der Waals surface area contributed by atoms with Crippen molar-refractivity contribution in [3.63, 3.8) is 0 Å². The topological polar surface area (TPSA) is 62.9 Å². The van der Waals surface area contributed by atoms with E-state index in [2.05, 4.69) is 27.8 Å². The van der Waals surface area contributed by atoms with Gasteiger partial charge in [-0.1, -0.05) is 25.5 Å². The molecule has 3 rings (SSSR count). The lowest BCUT2D eigenvalue weighted by atomic mass is 10.1. The van der Waals surface area contributed by atoms with E-state index < -0.39 is 0 Å². The van der Waals surface area contributed by atoms with Crippen molar-refractivity contribution in [3.05, 3.63) is 62.4 Å². The molecule has 0 aliphatic heterocycles. The Morgan fingerprint density at radius 3 is 2.68 bits per heavy atom. The molecule has 3 aromatic rings. The van der Waals surface area contributed by atoms with Crippen LogP contribution in [-0.4, -0.2) is 23.6 Å². The average molecular weight is 446 g/mol. The van der Waals surface area contributed by atoms with Crippen molar-refractivity contribution < 1.29 is 14.3 Å². The molecule has 0 aliphatic carbocycles. The third kappa shape index (κ3) is 4.23. The first-order valence-corrected chi connectivity index (χ1v) is 10.1. The van der Waals surface area contributed by atoms with Crippen LogP contribution < -0.4 is 10.2 Å². The van der Waals surface area contributed by atoms with Gasteiger partial charge in [0.15, 0.2) is 0 Å². The lowest BCUT2D eigenvalue weighted by Crippen LogP contribution is -2.19. The molecule has 1 N–H and O–H groups in total. The molecule has 0 bridgehead atoms. The van der Waals surface area contributed by atoms with E-state index in [1.165, 1.54) is 0 Å². The Hall–Kier alpha value is -2.31. The zero-order chi connectivity index (χ0) is 20.3. The number of aryl methyl sites for hydroxylation is 1. The number of ether oxygens (including phenoxy) is 1. The van der Waals surface area contributed by atoms with Gasteiger partial charge in [-0.15, -0.1) is 0 Å². The highest BCUT2D eigenvalue weighted by Crippen LogP contribution is 2.33. The van der Waals surface area contributed by atoms with Gasteiger partial charge in [0.25, 0.3) is 0 Å². The van der Waals surface area contributed by atoms with Crippen LogP contribution in [0.3, 0.4) is 0 Å². The Labute approximate surface area is 172 Å². The van der Waals surface area contributed by atoms with Gasteiger partial charge >= 0.3 is 0 Å². The molecule has 0 spiro atoms. The second-order valence-electron chi connectivity index (χ2n) is 6.88. The van der Waals surface area contributed by atoms with E-state index >= 15 is 0 Å². The van der Waals surface area contributed by atoms with Crippen LogP contribution in [0.2, 0.25) is 0 Å². The molecule has 0 fully saturated rings. The van der Waals surface area contributed by atoms with Gasteiger partial charge in [-0.2, -0.15) is 0 Å². The fraction of sp³-hybridized carbons (Fsp3) is 0.318. The molecular formula is C22H24BrNO4. The van der Waals surface area contributed by atoms with Crippen LogP contribution >= 0.6 is 15.9 Å². The number of benzene rings is 2. The molecule has 0 radical (unpaired) electrons. The van der Waals surface area contributed by atoms with Crippen molar-refractivity contribution in [1.82, 2.24) is 4.90 Å². The third-order valence-electron chi connectivity index (χ3n) is 4.63. The smallest absolute Gasteiger partial charge is 0.235 e. The van der Waals surface area contributed by atoms with Gasteiger partial charge in [0.1, 0.15) is 22.8 Å². The Balaban J connectivity index is 2.06. The lowest BCUT2D eigenvalue weighted by Gasteiger charge is -2.18. The Kier molecular flexibility index (Phi) is 6.42. The van der Waals surface area contributed by atoms with Crippen molar-refractivity contribution in [2.75, 3.05) is 13.6 Å². The molecule has 0 amide bonds. The summed E-state index contributed by atoms with van der Waals surface area (Å²) in [5.41, 5.74) is 0.765. The molecule has 6 heteroatoms. The monoisotopic (exact) mass is 445 g/mol.